The van der Waals surface area contributed by atoms with E-state index >= 15 is 0 Å². The maximum absolute atomic E-state index is 13.1. The fraction of sp³-hybridized carbons (Fsp3) is 0.211. The van der Waals surface area contributed by atoms with Gasteiger partial charge in [-0.3, -0.25) is 9.36 Å². The Morgan fingerprint density at radius 1 is 1.21 bits per heavy atom. The Morgan fingerprint density at radius 3 is 2.66 bits per heavy atom. The Kier molecular flexibility index (Phi) is 4.42. The molecule has 0 amide bonds. The second-order valence-corrected chi connectivity index (χ2v) is 8.08. The van der Waals surface area contributed by atoms with E-state index < -0.39 is 11.7 Å². The predicted octanol–water partition coefficient (Wildman–Crippen LogP) is 3.74. The quantitative estimate of drug-likeness (QED) is 0.505. The second kappa shape index (κ2) is 6.82. The molecule has 0 saturated heterocycles. The molecule has 0 atom stereocenters. The normalized spacial score (nSPS) is 11.7. The van der Waals surface area contributed by atoms with E-state index in [1.807, 2.05) is 0 Å². The maximum Gasteiger partial charge on any atom is 0.419 e. The zero-order valence-corrected chi connectivity index (χ0v) is 16.7. The number of ketones is 1. The molecular weight excluding hydrogens is 394 g/mol. The molecular formula is C19H17N5O4S. The largest absolute Gasteiger partial charge is 0.443 e. The second-order valence-electron chi connectivity index (χ2n) is 7.22. The summed E-state index contributed by atoms with van der Waals surface area (Å²) >= 11 is 1.14. The van der Waals surface area contributed by atoms with E-state index in [1.54, 1.807) is 50.4 Å². The number of hydrogen-bond acceptors (Lipinski definition) is 9. The summed E-state index contributed by atoms with van der Waals surface area (Å²) in [6.07, 6.45) is 0.918. The summed E-state index contributed by atoms with van der Waals surface area (Å²) in [5.74, 6) is -0.193. The number of ether oxygens (including phenoxy) is 1. The van der Waals surface area contributed by atoms with Crippen LogP contribution < -0.4 is 5.73 Å². The van der Waals surface area contributed by atoms with E-state index in [0.717, 1.165) is 11.3 Å². The molecule has 9 nitrogen and oxygen atoms in total. The van der Waals surface area contributed by atoms with Gasteiger partial charge in [-0.1, -0.05) is 23.3 Å². The van der Waals surface area contributed by atoms with Gasteiger partial charge in [0, 0.05) is 17.0 Å². The molecule has 0 saturated carbocycles. The number of thiazole rings is 1. The Labute approximate surface area is 169 Å². The summed E-state index contributed by atoms with van der Waals surface area (Å²) in [6.45, 7) is 5.35. The van der Waals surface area contributed by atoms with Crippen molar-refractivity contribution in [2.45, 2.75) is 26.4 Å². The van der Waals surface area contributed by atoms with E-state index in [2.05, 4.69) is 15.2 Å². The van der Waals surface area contributed by atoms with Gasteiger partial charge in [-0.25, -0.2) is 9.78 Å². The van der Waals surface area contributed by atoms with Crippen LogP contribution in [0.15, 0.2) is 40.3 Å². The first-order valence-corrected chi connectivity index (χ1v) is 9.54. The van der Waals surface area contributed by atoms with Crippen molar-refractivity contribution < 1.29 is 18.7 Å². The van der Waals surface area contributed by atoms with Gasteiger partial charge in [0.2, 0.25) is 5.78 Å². The van der Waals surface area contributed by atoms with Crippen LogP contribution in [0.25, 0.3) is 22.5 Å². The van der Waals surface area contributed by atoms with E-state index in [9.17, 15) is 9.59 Å². The zero-order chi connectivity index (χ0) is 20.8. The minimum atomic E-state index is -0.664. The number of carbonyl (C=O) groups excluding carboxylic acids is 2. The third-order valence-corrected chi connectivity index (χ3v) is 4.75. The SMILES string of the molecule is CC(C)(C)OC(=O)n1cc(C(=O)c2nc(-c3nnc(N)o3)cs2)c2ccccc21. The Bertz CT molecular complexity index is 1230. The number of para-hydroxylation sites is 1. The Hall–Kier alpha value is -3.53. The Balaban J connectivity index is 1.73. The van der Waals surface area contributed by atoms with Gasteiger partial charge >= 0.3 is 12.1 Å². The fourth-order valence-electron chi connectivity index (χ4n) is 2.75. The summed E-state index contributed by atoms with van der Waals surface area (Å²) in [5.41, 5.74) is 6.05. The molecule has 0 aliphatic carbocycles. The average Bonchev–Trinajstić information content (AvgIpc) is 3.37. The van der Waals surface area contributed by atoms with E-state index in [4.69, 9.17) is 14.9 Å². The first-order valence-electron chi connectivity index (χ1n) is 8.66. The molecule has 0 bridgehead atoms. The molecule has 0 aliphatic heterocycles. The van der Waals surface area contributed by atoms with Gasteiger partial charge in [0.15, 0.2) is 5.01 Å². The van der Waals surface area contributed by atoms with Crippen LogP contribution in [0.3, 0.4) is 0 Å². The lowest BCUT2D eigenvalue weighted by molar-refractivity contribution is 0.0544. The molecule has 3 heterocycles. The van der Waals surface area contributed by atoms with Gasteiger partial charge in [-0.2, -0.15) is 0 Å². The molecule has 0 fully saturated rings. The van der Waals surface area contributed by atoms with Crippen molar-refractivity contribution >= 4 is 40.1 Å². The number of benzene rings is 1. The fourth-order valence-corrected chi connectivity index (χ4v) is 3.50. The molecule has 3 aromatic heterocycles. The number of nitrogen functional groups attached to an aromatic ring is 1. The van der Waals surface area contributed by atoms with E-state index in [-0.39, 0.29) is 22.7 Å². The van der Waals surface area contributed by atoms with Crippen LogP contribution in [0.1, 0.15) is 36.1 Å². The van der Waals surface area contributed by atoms with Crippen LogP contribution in [0.2, 0.25) is 0 Å². The highest BCUT2D eigenvalue weighted by Crippen LogP contribution is 2.28. The van der Waals surface area contributed by atoms with Crippen LogP contribution in [0, 0.1) is 0 Å². The highest BCUT2D eigenvalue weighted by molar-refractivity contribution is 7.12. The number of anilines is 1. The summed E-state index contributed by atoms with van der Waals surface area (Å²) in [5, 5.41) is 9.84. The van der Waals surface area contributed by atoms with Crippen molar-refractivity contribution in [2.24, 2.45) is 0 Å². The first kappa shape index (κ1) is 18.8. The maximum atomic E-state index is 13.1. The molecule has 29 heavy (non-hydrogen) atoms. The minimum Gasteiger partial charge on any atom is -0.443 e. The summed E-state index contributed by atoms with van der Waals surface area (Å²) in [6, 6.07) is 7.04. The molecule has 0 aliphatic rings. The van der Waals surface area contributed by atoms with Crippen LogP contribution in [-0.2, 0) is 4.74 Å². The van der Waals surface area contributed by atoms with Crippen molar-refractivity contribution in [1.29, 1.82) is 0 Å². The zero-order valence-electron chi connectivity index (χ0n) is 15.9. The van der Waals surface area contributed by atoms with Crippen LogP contribution >= 0.6 is 11.3 Å². The first-order chi connectivity index (χ1) is 13.7. The van der Waals surface area contributed by atoms with Crippen LogP contribution in [0.5, 0.6) is 0 Å². The van der Waals surface area contributed by atoms with Crippen molar-refractivity contribution in [3.05, 3.63) is 46.4 Å². The topological polar surface area (TPSA) is 126 Å². The van der Waals surface area contributed by atoms with Crippen molar-refractivity contribution in [3.8, 4) is 11.6 Å². The summed E-state index contributed by atoms with van der Waals surface area (Å²) < 4.78 is 11.9. The summed E-state index contributed by atoms with van der Waals surface area (Å²) in [7, 11) is 0. The van der Waals surface area contributed by atoms with Crippen LogP contribution in [0.4, 0.5) is 10.8 Å². The number of fused-ring (bicyclic) bond motifs is 1. The Morgan fingerprint density at radius 2 is 1.97 bits per heavy atom. The number of aromatic nitrogens is 4. The molecule has 10 heteroatoms. The highest BCUT2D eigenvalue weighted by Gasteiger charge is 2.25. The standard InChI is InChI=1S/C19H17N5O4S/c1-19(2,3)28-18(26)24-8-11(10-6-4-5-7-13(10)24)14(25)16-21-12(9-29-16)15-22-23-17(20)27-15/h4-9H,1-3H3,(H2,20,23). The van der Waals surface area contributed by atoms with Crippen molar-refractivity contribution in [1.82, 2.24) is 19.7 Å². The number of carbonyl (C=O) groups is 2. The number of nitrogens with zero attached hydrogens (tertiary/aromatic N) is 4. The molecule has 1 aromatic carbocycles. The van der Waals surface area contributed by atoms with Gasteiger partial charge in [-0.15, -0.1) is 16.4 Å². The molecule has 4 aromatic rings. The van der Waals surface area contributed by atoms with Gasteiger partial charge < -0.3 is 14.9 Å². The highest BCUT2D eigenvalue weighted by atomic mass is 32.1. The van der Waals surface area contributed by atoms with Gasteiger partial charge in [0.25, 0.3) is 5.89 Å². The predicted molar refractivity (Wildman–Crippen MR) is 107 cm³/mol. The lowest BCUT2D eigenvalue weighted by Gasteiger charge is -2.19. The molecule has 2 N–H and O–H groups in total. The average molecular weight is 411 g/mol. The lowest BCUT2D eigenvalue weighted by Crippen LogP contribution is -2.26. The third kappa shape index (κ3) is 3.61. The van der Waals surface area contributed by atoms with E-state index in [1.165, 1.54) is 10.8 Å². The number of hydrogen-bond donors (Lipinski definition) is 1. The minimum absolute atomic E-state index is 0.0821. The van der Waals surface area contributed by atoms with Crippen molar-refractivity contribution in [3.63, 3.8) is 0 Å². The molecule has 0 radical (unpaired) electrons. The van der Waals surface area contributed by atoms with Gasteiger partial charge in [-0.05, 0) is 26.8 Å². The monoisotopic (exact) mass is 411 g/mol. The van der Waals surface area contributed by atoms with Crippen molar-refractivity contribution in [2.75, 3.05) is 5.73 Å². The third-order valence-electron chi connectivity index (χ3n) is 3.90. The molecule has 148 valence electrons. The lowest BCUT2D eigenvalue weighted by atomic mass is 10.1. The molecule has 0 spiro atoms. The summed E-state index contributed by atoms with van der Waals surface area (Å²) in [4.78, 5) is 30.0. The van der Waals surface area contributed by atoms with E-state index in [0.29, 0.717) is 22.2 Å². The number of nitrogens with two attached hydrogens (primary N) is 1. The molecule has 4 rings (SSSR count). The van der Waals surface area contributed by atoms with Gasteiger partial charge in [0.1, 0.15) is 11.3 Å². The van der Waals surface area contributed by atoms with Crippen LogP contribution in [-0.4, -0.2) is 37.2 Å². The smallest absolute Gasteiger partial charge is 0.419 e. The molecule has 0 unspecified atom stereocenters. The van der Waals surface area contributed by atoms with Gasteiger partial charge in [0.05, 0.1) is 11.1 Å². The number of rotatable bonds is 3.